The van der Waals surface area contributed by atoms with E-state index in [4.69, 9.17) is 5.26 Å². The average molecular weight is 216 g/mol. The van der Waals surface area contributed by atoms with Gasteiger partial charge in [-0.05, 0) is 18.2 Å². The van der Waals surface area contributed by atoms with Crippen LogP contribution in [0.4, 0.5) is 0 Å². The van der Waals surface area contributed by atoms with E-state index in [1.165, 1.54) is 0 Å². The Hall–Kier alpha value is -1.44. The van der Waals surface area contributed by atoms with E-state index in [1.807, 2.05) is 22.6 Å². The van der Waals surface area contributed by atoms with Crippen molar-refractivity contribution in [3.05, 3.63) is 35.5 Å². The highest BCUT2D eigenvalue weighted by atomic mass is 32.2. The van der Waals surface area contributed by atoms with Gasteiger partial charge in [0.2, 0.25) is 0 Å². The first-order valence-electron chi connectivity index (χ1n) is 4.66. The fourth-order valence-corrected chi connectivity index (χ4v) is 2.96. The Morgan fingerprint density at radius 2 is 2.40 bits per heavy atom. The van der Waals surface area contributed by atoms with Crippen molar-refractivity contribution in [3.63, 3.8) is 0 Å². The molecule has 1 unspecified atom stereocenters. The predicted molar refractivity (Wildman–Crippen MR) is 57.8 cm³/mol. The van der Waals surface area contributed by atoms with Crippen molar-refractivity contribution in [2.45, 2.75) is 11.1 Å². The van der Waals surface area contributed by atoms with Crippen LogP contribution in [0, 0.1) is 11.3 Å². The molecule has 0 bridgehead atoms. The molecule has 0 saturated heterocycles. The summed E-state index contributed by atoms with van der Waals surface area (Å²) in [5.41, 5.74) is 2.35. The lowest BCUT2D eigenvalue weighted by Crippen LogP contribution is -2.10. The summed E-state index contributed by atoms with van der Waals surface area (Å²) in [7, 11) is 0. The number of aromatic nitrogens is 1. The molecule has 0 amide bonds. The van der Waals surface area contributed by atoms with E-state index in [1.54, 1.807) is 17.8 Å². The standard InChI is InChI=1S/C11H8N2OS/c12-5-7-4-9-10(14)6-15-11-3-1-2-8(7)13(9)11/h1-4,10,14H,6H2. The highest BCUT2D eigenvalue weighted by Crippen LogP contribution is 2.35. The van der Waals surface area contributed by atoms with Gasteiger partial charge in [-0.2, -0.15) is 5.26 Å². The lowest BCUT2D eigenvalue weighted by molar-refractivity contribution is 0.195. The summed E-state index contributed by atoms with van der Waals surface area (Å²) >= 11 is 1.62. The van der Waals surface area contributed by atoms with Crippen molar-refractivity contribution in [2.24, 2.45) is 0 Å². The largest absolute Gasteiger partial charge is 0.386 e. The summed E-state index contributed by atoms with van der Waals surface area (Å²) in [6.45, 7) is 0. The minimum absolute atomic E-state index is 0.473. The molecule has 74 valence electrons. The summed E-state index contributed by atoms with van der Waals surface area (Å²) < 4.78 is 1.97. The molecule has 1 aliphatic rings. The minimum atomic E-state index is -0.473. The molecule has 0 aromatic carbocycles. The van der Waals surface area contributed by atoms with Crippen LogP contribution in [0.5, 0.6) is 0 Å². The van der Waals surface area contributed by atoms with Gasteiger partial charge in [-0.15, -0.1) is 11.8 Å². The first kappa shape index (κ1) is 8.84. The number of hydrogen-bond donors (Lipinski definition) is 1. The van der Waals surface area contributed by atoms with E-state index in [0.717, 1.165) is 16.2 Å². The molecule has 1 atom stereocenters. The summed E-state index contributed by atoms with van der Waals surface area (Å²) in [6, 6.07) is 9.80. The van der Waals surface area contributed by atoms with Crippen LogP contribution in [-0.4, -0.2) is 15.3 Å². The lowest BCUT2D eigenvalue weighted by Gasteiger charge is -2.19. The van der Waals surface area contributed by atoms with Crippen LogP contribution >= 0.6 is 11.8 Å². The Kier molecular flexibility index (Phi) is 1.78. The van der Waals surface area contributed by atoms with Crippen LogP contribution in [0.2, 0.25) is 0 Å². The molecule has 1 N–H and O–H groups in total. The molecule has 15 heavy (non-hydrogen) atoms. The second kappa shape index (κ2) is 3.02. The van der Waals surface area contributed by atoms with Crippen LogP contribution in [0.25, 0.3) is 5.52 Å². The molecular weight excluding hydrogens is 208 g/mol. The zero-order valence-electron chi connectivity index (χ0n) is 7.84. The number of aliphatic hydroxyl groups excluding tert-OH is 1. The lowest BCUT2D eigenvalue weighted by atomic mass is 10.2. The van der Waals surface area contributed by atoms with Crippen LogP contribution in [0.3, 0.4) is 0 Å². The minimum Gasteiger partial charge on any atom is -0.386 e. The molecule has 2 aromatic rings. The number of thioether (sulfide) groups is 1. The third-order valence-electron chi connectivity index (χ3n) is 2.63. The van der Waals surface area contributed by atoms with Crippen molar-refractivity contribution in [1.82, 2.24) is 4.40 Å². The van der Waals surface area contributed by atoms with Crippen LogP contribution < -0.4 is 0 Å². The maximum absolute atomic E-state index is 9.83. The Labute approximate surface area is 90.9 Å². The molecule has 3 heterocycles. The quantitative estimate of drug-likeness (QED) is 0.732. The van der Waals surface area contributed by atoms with Gasteiger partial charge >= 0.3 is 0 Å². The van der Waals surface area contributed by atoms with Gasteiger partial charge in [0.1, 0.15) is 12.2 Å². The van der Waals surface area contributed by atoms with E-state index >= 15 is 0 Å². The Morgan fingerprint density at radius 3 is 3.20 bits per heavy atom. The fourth-order valence-electron chi connectivity index (χ4n) is 1.95. The summed E-state index contributed by atoms with van der Waals surface area (Å²) in [4.78, 5) is 0. The van der Waals surface area contributed by atoms with E-state index in [-0.39, 0.29) is 0 Å². The summed E-state index contributed by atoms with van der Waals surface area (Å²) in [6.07, 6.45) is -0.473. The molecule has 4 heteroatoms. The summed E-state index contributed by atoms with van der Waals surface area (Å²) in [5, 5.41) is 19.9. The molecule has 0 radical (unpaired) electrons. The highest BCUT2D eigenvalue weighted by molar-refractivity contribution is 7.99. The van der Waals surface area contributed by atoms with Crippen LogP contribution in [0.1, 0.15) is 17.4 Å². The van der Waals surface area contributed by atoms with E-state index in [9.17, 15) is 5.11 Å². The highest BCUT2D eigenvalue weighted by Gasteiger charge is 2.22. The molecule has 2 aromatic heterocycles. The van der Waals surface area contributed by atoms with Gasteiger partial charge in [-0.1, -0.05) is 6.07 Å². The maximum Gasteiger partial charge on any atom is 0.104 e. The smallest absolute Gasteiger partial charge is 0.104 e. The first-order chi connectivity index (χ1) is 7.31. The van der Waals surface area contributed by atoms with Crippen molar-refractivity contribution in [1.29, 1.82) is 5.26 Å². The Morgan fingerprint density at radius 1 is 1.53 bits per heavy atom. The monoisotopic (exact) mass is 216 g/mol. The SMILES string of the molecule is N#Cc1cc2n3c(cccc13)SCC2O. The molecule has 0 aliphatic carbocycles. The zero-order chi connectivity index (χ0) is 10.4. The second-order valence-corrected chi connectivity index (χ2v) is 4.55. The molecular formula is C11H8N2OS. The van der Waals surface area contributed by atoms with Gasteiger partial charge in [-0.3, -0.25) is 0 Å². The Bertz CT molecular complexity index is 582. The number of aliphatic hydroxyl groups is 1. The van der Waals surface area contributed by atoms with Crippen LogP contribution in [-0.2, 0) is 0 Å². The number of rotatable bonds is 0. The first-order valence-corrected chi connectivity index (χ1v) is 5.65. The molecule has 3 nitrogen and oxygen atoms in total. The number of nitriles is 1. The Balaban J connectivity index is 2.47. The van der Waals surface area contributed by atoms with Crippen molar-refractivity contribution < 1.29 is 5.11 Å². The van der Waals surface area contributed by atoms with Crippen molar-refractivity contribution in [2.75, 3.05) is 5.75 Å². The van der Waals surface area contributed by atoms with Gasteiger partial charge in [0.05, 0.1) is 21.8 Å². The third kappa shape index (κ3) is 1.11. The van der Waals surface area contributed by atoms with E-state index in [0.29, 0.717) is 11.3 Å². The van der Waals surface area contributed by atoms with E-state index < -0.39 is 6.10 Å². The topological polar surface area (TPSA) is 48.4 Å². The predicted octanol–water partition coefficient (Wildman–Crippen LogP) is 1.95. The van der Waals surface area contributed by atoms with Crippen molar-refractivity contribution in [3.8, 4) is 6.07 Å². The third-order valence-corrected chi connectivity index (χ3v) is 3.73. The number of pyridine rings is 1. The van der Waals surface area contributed by atoms with Gasteiger partial charge in [-0.25, -0.2) is 0 Å². The fraction of sp³-hybridized carbons (Fsp3) is 0.182. The van der Waals surface area contributed by atoms with Gasteiger partial charge < -0.3 is 9.51 Å². The van der Waals surface area contributed by atoms with Crippen molar-refractivity contribution >= 4 is 17.3 Å². The molecule has 0 fully saturated rings. The molecule has 0 saturated carbocycles. The maximum atomic E-state index is 9.83. The molecule has 3 rings (SSSR count). The van der Waals surface area contributed by atoms with Gasteiger partial charge in [0, 0.05) is 5.75 Å². The normalized spacial score (nSPS) is 19.1. The number of hydrogen-bond acceptors (Lipinski definition) is 3. The van der Waals surface area contributed by atoms with E-state index in [2.05, 4.69) is 6.07 Å². The second-order valence-electron chi connectivity index (χ2n) is 3.51. The summed E-state index contributed by atoms with van der Waals surface area (Å²) in [5.74, 6) is 0.661. The van der Waals surface area contributed by atoms with Gasteiger partial charge in [0.25, 0.3) is 0 Å². The van der Waals surface area contributed by atoms with Gasteiger partial charge in [0.15, 0.2) is 0 Å². The zero-order valence-corrected chi connectivity index (χ0v) is 8.66. The molecule has 1 aliphatic heterocycles. The average Bonchev–Trinajstić information content (AvgIpc) is 2.65. The number of nitrogens with zero attached hydrogens (tertiary/aromatic N) is 2. The van der Waals surface area contributed by atoms with Crippen LogP contribution in [0.15, 0.2) is 29.3 Å². The molecule has 0 spiro atoms.